The van der Waals surface area contributed by atoms with Crippen molar-refractivity contribution in [1.29, 1.82) is 0 Å². The molecule has 2 atom stereocenters. The van der Waals surface area contributed by atoms with Crippen LogP contribution < -0.4 is 10.2 Å². The zero-order valence-electron chi connectivity index (χ0n) is 15.1. The van der Waals surface area contributed by atoms with E-state index in [1.54, 1.807) is 0 Å². The minimum Gasteiger partial charge on any atom is -0.312 e. The SMILES string of the molecule is CC(C)c1ccc2c(c1)CCCN2C(=O)CC1CC2CCC(C1)N2. The molecule has 1 N–H and O–H groups in total. The number of carbonyl (C=O) groups excluding carboxylic acids is 1. The highest BCUT2D eigenvalue weighted by Crippen LogP contribution is 2.35. The number of carbonyl (C=O) groups is 1. The Morgan fingerprint density at radius 1 is 1.25 bits per heavy atom. The van der Waals surface area contributed by atoms with Crippen LogP contribution in [0.5, 0.6) is 0 Å². The zero-order valence-corrected chi connectivity index (χ0v) is 15.1. The topological polar surface area (TPSA) is 32.3 Å². The number of hydrogen-bond acceptors (Lipinski definition) is 2. The number of benzene rings is 1. The Balaban J connectivity index is 1.48. The molecule has 4 rings (SSSR count). The van der Waals surface area contributed by atoms with Crippen LogP contribution in [-0.4, -0.2) is 24.5 Å². The summed E-state index contributed by atoms with van der Waals surface area (Å²) >= 11 is 0. The lowest BCUT2D eigenvalue weighted by Crippen LogP contribution is -2.41. The molecule has 0 radical (unpaired) electrons. The van der Waals surface area contributed by atoms with Crippen LogP contribution in [0.2, 0.25) is 0 Å². The summed E-state index contributed by atoms with van der Waals surface area (Å²) in [5, 5.41) is 3.68. The van der Waals surface area contributed by atoms with E-state index in [0.717, 1.165) is 25.8 Å². The molecule has 2 saturated heterocycles. The van der Waals surface area contributed by atoms with Gasteiger partial charge >= 0.3 is 0 Å². The van der Waals surface area contributed by atoms with Gasteiger partial charge in [0.1, 0.15) is 0 Å². The zero-order chi connectivity index (χ0) is 16.7. The molecule has 3 aliphatic rings. The lowest BCUT2D eigenvalue weighted by molar-refractivity contribution is -0.119. The van der Waals surface area contributed by atoms with Gasteiger partial charge in [-0.3, -0.25) is 4.79 Å². The molecular weight excluding hydrogens is 296 g/mol. The molecule has 1 aromatic rings. The van der Waals surface area contributed by atoms with Crippen molar-refractivity contribution in [1.82, 2.24) is 5.32 Å². The summed E-state index contributed by atoms with van der Waals surface area (Å²) in [6.07, 6.45) is 7.93. The van der Waals surface area contributed by atoms with Crippen molar-refractivity contribution >= 4 is 11.6 Å². The van der Waals surface area contributed by atoms with Gasteiger partial charge in [0.2, 0.25) is 5.91 Å². The van der Waals surface area contributed by atoms with Crippen LogP contribution in [0.3, 0.4) is 0 Å². The maximum Gasteiger partial charge on any atom is 0.227 e. The first kappa shape index (κ1) is 16.1. The van der Waals surface area contributed by atoms with Gasteiger partial charge in [-0.1, -0.05) is 26.0 Å². The van der Waals surface area contributed by atoms with Gasteiger partial charge in [0.15, 0.2) is 0 Å². The average Bonchev–Trinajstić information content (AvgIpc) is 2.92. The Labute approximate surface area is 145 Å². The molecule has 3 aliphatic heterocycles. The number of aryl methyl sites for hydroxylation is 1. The highest BCUT2D eigenvalue weighted by atomic mass is 16.2. The van der Waals surface area contributed by atoms with Crippen LogP contribution in [-0.2, 0) is 11.2 Å². The van der Waals surface area contributed by atoms with Gasteiger partial charge in [0.25, 0.3) is 0 Å². The molecule has 2 unspecified atom stereocenters. The number of nitrogens with one attached hydrogen (secondary N) is 1. The van der Waals surface area contributed by atoms with Crippen molar-refractivity contribution in [2.24, 2.45) is 5.92 Å². The van der Waals surface area contributed by atoms with Crippen LogP contribution in [0.1, 0.15) is 69.4 Å². The standard InChI is InChI=1S/C21H30N2O/c1-14(2)16-5-8-20-17(13-16)4-3-9-23(20)21(24)12-15-10-18-6-7-19(11-15)22-18/h5,8,13-15,18-19,22H,3-4,6-7,9-12H2,1-2H3. The number of amides is 1. The quantitative estimate of drug-likeness (QED) is 0.910. The second-order valence-corrected chi connectivity index (χ2v) is 8.37. The highest BCUT2D eigenvalue weighted by molar-refractivity contribution is 5.94. The summed E-state index contributed by atoms with van der Waals surface area (Å²) in [5.41, 5.74) is 3.93. The molecule has 0 spiro atoms. The first-order valence-corrected chi connectivity index (χ1v) is 9.79. The van der Waals surface area contributed by atoms with Gasteiger partial charge in [0, 0.05) is 30.7 Å². The molecule has 0 aliphatic carbocycles. The number of hydrogen-bond donors (Lipinski definition) is 1. The number of nitrogens with zero attached hydrogens (tertiary/aromatic N) is 1. The summed E-state index contributed by atoms with van der Waals surface area (Å²) in [6, 6.07) is 8.06. The van der Waals surface area contributed by atoms with E-state index in [9.17, 15) is 4.79 Å². The van der Waals surface area contributed by atoms with E-state index in [2.05, 4.69) is 42.3 Å². The van der Waals surface area contributed by atoms with Crippen LogP contribution in [0.4, 0.5) is 5.69 Å². The first-order chi connectivity index (χ1) is 11.6. The average molecular weight is 326 g/mol. The fraction of sp³-hybridized carbons (Fsp3) is 0.667. The van der Waals surface area contributed by atoms with Crippen LogP contribution >= 0.6 is 0 Å². The number of fused-ring (bicyclic) bond motifs is 3. The second-order valence-electron chi connectivity index (χ2n) is 8.37. The summed E-state index contributed by atoms with van der Waals surface area (Å²) in [5.74, 6) is 1.47. The Bertz CT molecular complexity index is 612. The summed E-state index contributed by atoms with van der Waals surface area (Å²) in [7, 11) is 0. The van der Waals surface area contributed by atoms with Crippen molar-refractivity contribution in [3.05, 3.63) is 29.3 Å². The normalized spacial score (nSPS) is 29.0. The molecule has 2 bridgehead atoms. The second kappa shape index (κ2) is 6.51. The van der Waals surface area contributed by atoms with E-state index < -0.39 is 0 Å². The van der Waals surface area contributed by atoms with Crippen molar-refractivity contribution in [2.75, 3.05) is 11.4 Å². The smallest absolute Gasteiger partial charge is 0.227 e. The molecule has 130 valence electrons. The molecule has 2 fully saturated rings. The van der Waals surface area contributed by atoms with Gasteiger partial charge < -0.3 is 10.2 Å². The van der Waals surface area contributed by atoms with Crippen LogP contribution in [0.25, 0.3) is 0 Å². The Morgan fingerprint density at radius 3 is 2.71 bits per heavy atom. The fourth-order valence-electron chi connectivity index (χ4n) is 4.93. The van der Waals surface area contributed by atoms with E-state index in [-0.39, 0.29) is 0 Å². The Kier molecular flexibility index (Phi) is 4.38. The molecule has 3 heterocycles. The van der Waals surface area contributed by atoms with E-state index >= 15 is 0 Å². The first-order valence-electron chi connectivity index (χ1n) is 9.79. The third-order valence-corrected chi connectivity index (χ3v) is 6.22. The third kappa shape index (κ3) is 3.11. The molecule has 1 amide bonds. The predicted molar refractivity (Wildman–Crippen MR) is 98.5 cm³/mol. The van der Waals surface area contributed by atoms with Gasteiger partial charge in [-0.25, -0.2) is 0 Å². The summed E-state index contributed by atoms with van der Waals surface area (Å²) < 4.78 is 0. The summed E-state index contributed by atoms with van der Waals surface area (Å²) in [4.78, 5) is 15.1. The predicted octanol–water partition coefficient (Wildman–Crippen LogP) is 4.01. The fourth-order valence-corrected chi connectivity index (χ4v) is 4.93. The monoisotopic (exact) mass is 326 g/mol. The lowest BCUT2D eigenvalue weighted by atomic mass is 9.88. The van der Waals surface area contributed by atoms with E-state index in [1.165, 1.54) is 42.5 Å². The van der Waals surface area contributed by atoms with Crippen molar-refractivity contribution in [2.45, 2.75) is 76.8 Å². The van der Waals surface area contributed by atoms with Crippen LogP contribution in [0.15, 0.2) is 18.2 Å². The molecule has 0 saturated carbocycles. The Hall–Kier alpha value is -1.35. The maximum absolute atomic E-state index is 13.0. The van der Waals surface area contributed by atoms with Gasteiger partial charge in [-0.2, -0.15) is 0 Å². The molecular formula is C21H30N2O. The minimum absolute atomic E-state index is 0.347. The number of piperidine rings is 1. The van der Waals surface area contributed by atoms with Gasteiger partial charge in [0.05, 0.1) is 0 Å². The van der Waals surface area contributed by atoms with E-state index in [4.69, 9.17) is 0 Å². The van der Waals surface area contributed by atoms with E-state index in [1.807, 2.05) is 0 Å². The number of rotatable bonds is 3. The molecule has 0 aromatic heterocycles. The van der Waals surface area contributed by atoms with Crippen LogP contribution in [0, 0.1) is 5.92 Å². The molecule has 3 nitrogen and oxygen atoms in total. The highest BCUT2D eigenvalue weighted by Gasteiger charge is 2.35. The van der Waals surface area contributed by atoms with Crippen molar-refractivity contribution < 1.29 is 4.79 Å². The van der Waals surface area contributed by atoms with Crippen molar-refractivity contribution in [3.8, 4) is 0 Å². The third-order valence-electron chi connectivity index (χ3n) is 6.22. The molecule has 3 heteroatoms. The lowest BCUT2D eigenvalue weighted by Gasteiger charge is -2.33. The molecule has 1 aromatic carbocycles. The maximum atomic E-state index is 13.0. The molecule has 24 heavy (non-hydrogen) atoms. The minimum atomic E-state index is 0.347. The van der Waals surface area contributed by atoms with E-state index in [0.29, 0.717) is 29.8 Å². The largest absolute Gasteiger partial charge is 0.312 e. The van der Waals surface area contributed by atoms with Crippen molar-refractivity contribution in [3.63, 3.8) is 0 Å². The summed E-state index contributed by atoms with van der Waals surface area (Å²) in [6.45, 7) is 5.36. The van der Waals surface area contributed by atoms with Gasteiger partial charge in [-0.15, -0.1) is 0 Å². The van der Waals surface area contributed by atoms with Gasteiger partial charge in [-0.05, 0) is 67.6 Å². The number of anilines is 1. The Morgan fingerprint density at radius 2 is 2.00 bits per heavy atom.